The third kappa shape index (κ3) is 4.77. The van der Waals surface area contributed by atoms with E-state index in [1.165, 1.54) is 19.0 Å². The molecule has 0 radical (unpaired) electrons. The number of anilines is 1. The third-order valence-electron chi connectivity index (χ3n) is 9.17. The third-order valence-corrected chi connectivity index (χ3v) is 9.44. The van der Waals surface area contributed by atoms with Gasteiger partial charge in [-0.05, 0) is 78.2 Å². The predicted molar refractivity (Wildman–Crippen MR) is 147 cm³/mol. The number of carbonyl (C=O) groups is 1. The van der Waals surface area contributed by atoms with E-state index in [0.717, 1.165) is 32.4 Å². The lowest BCUT2D eigenvalue weighted by molar-refractivity contribution is 0.0233. The van der Waals surface area contributed by atoms with Crippen LogP contribution in [0.25, 0.3) is 10.9 Å². The molecule has 2 aromatic heterocycles. The Hall–Kier alpha value is -2.46. The molecule has 2 aromatic rings. The molecule has 9 nitrogen and oxygen atoms in total. The van der Waals surface area contributed by atoms with Crippen LogP contribution in [-0.2, 0) is 4.74 Å². The van der Waals surface area contributed by atoms with Gasteiger partial charge in [-0.25, -0.2) is 14.2 Å². The Morgan fingerprint density at radius 3 is 2.74 bits per heavy atom. The van der Waals surface area contributed by atoms with Gasteiger partial charge in [0, 0.05) is 26.3 Å². The maximum atomic E-state index is 15.2. The van der Waals surface area contributed by atoms with Gasteiger partial charge in [-0.15, -0.1) is 0 Å². The molecule has 1 saturated carbocycles. The number of rotatable bonds is 5. The van der Waals surface area contributed by atoms with Gasteiger partial charge < -0.3 is 19.3 Å². The van der Waals surface area contributed by atoms with Gasteiger partial charge in [-0.2, -0.15) is 9.97 Å². The van der Waals surface area contributed by atoms with Crippen LogP contribution in [0, 0.1) is 11.2 Å². The number of nitrogens with zero attached hydrogens (tertiary/aromatic N) is 6. The lowest BCUT2D eigenvalue weighted by atomic mass is 9.89. The minimum Gasteiger partial charge on any atom is -0.461 e. The average Bonchev–Trinajstić information content (AvgIpc) is 3.18. The van der Waals surface area contributed by atoms with Gasteiger partial charge in [0.1, 0.15) is 23.5 Å². The molecule has 5 heterocycles. The van der Waals surface area contributed by atoms with E-state index in [9.17, 15) is 4.79 Å². The molecule has 6 rings (SSSR count). The van der Waals surface area contributed by atoms with E-state index < -0.39 is 11.4 Å². The minimum absolute atomic E-state index is 0.00317. The molecule has 0 N–H and O–H groups in total. The highest BCUT2D eigenvalue weighted by Crippen LogP contribution is 2.60. The highest BCUT2D eigenvalue weighted by molar-refractivity contribution is 6.30. The number of ether oxygens (including phenoxy) is 2. The van der Waals surface area contributed by atoms with Gasteiger partial charge in [-0.1, -0.05) is 11.6 Å². The number of likely N-dealkylation sites (tertiary alicyclic amines) is 1. The molecular formula is C28H38ClFN6O3. The molecule has 4 aliphatic rings. The molecule has 0 bridgehead atoms. The molecule has 212 valence electrons. The summed E-state index contributed by atoms with van der Waals surface area (Å²) in [5.41, 5.74) is -0.0278. The first-order valence-electron chi connectivity index (χ1n) is 14.0. The predicted octanol–water partition coefficient (Wildman–Crippen LogP) is 5.05. The van der Waals surface area contributed by atoms with Crippen LogP contribution in [0.3, 0.4) is 0 Å². The summed E-state index contributed by atoms with van der Waals surface area (Å²) in [6, 6.07) is -0.0858. The minimum atomic E-state index is -0.690. The largest absolute Gasteiger partial charge is 0.461 e. The van der Waals surface area contributed by atoms with E-state index in [1.807, 2.05) is 39.6 Å². The van der Waals surface area contributed by atoms with Crippen LogP contribution < -0.4 is 9.64 Å². The SMILES string of the molecule is C[C@@H]1[C@H](N(C)c2nc(OCC34CCCN3CC3(CC3)C4)nc3c(F)c(Cl)ncc23)CCN1C(=O)OC(C)(C)C. The number of halogens is 2. The molecule has 4 fully saturated rings. The van der Waals surface area contributed by atoms with Crippen molar-refractivity contribution in [3.8, 4) is 6.01 Å². The molecule has 3 aliphatic heterocycles. The molecule has 1 unspecified atom stereocenters. The first kappa shape index (κ1) is 26.7. The van der Waals surface area contributed by atoms with Gasteiger partial charge >= 0.3 is 12.1 Å². The fourth-order valence-corrected chi connectivity index (χ4v) is 7.17. The second kappa shape index (κ2) is 9.29. The normalized spacial score (nSPS) is 27.8. The van der Waals surface area contributed by atoms with Gasteiger partial charge in [0.25, 0.3) is 0 Å². The molecule has 1 amide bonds. The van der Waals surface area contributed by atoms with E-state index in [0.29, 0.717) is 36.2 Å². The summed E-state index contributed by atoms with van der Waals surface area (Å²) < 4.78 is 27.2. The Labute approximate surface area is 234 Å². The van der Waals surface area contributed by atoms with Crippen LogP contribution in [-0.4, -0.2) is 87.4 Å². The van der Waals surface area contributed by atoms with Crippen molar-refractivity contribution in [2.24, 2.45) is 5.41 Å². The van der Waals surface area contributed by atoms with Crippen LogP contribution in [0.4, 0.5) is 15.0 Å². The second-order valence-electron chi connectivity index (χ2n) is 13.1. The first-order chi connectivity index (χ1) is 18.4. The molecule has 3 saturated heterocycles. The molecule has 39 heavy (non-hydrogen) atoms. The van der Waals surface area contributed by atoms with Crippen molar-refractivity contribution in [3.05, 3.63) is 17.2 Å². The van der Waals surface area contributed by atoms with Gasteiger partial charge in [0.15, 0.2) is 11.0 Å². The fourth-order valence-electron chi connectivity index (χ4n) is 7.03. The quantitative estimate of drug-likeness (QED) is 0.470. The number of likely N-dealkylation sites (N-methyl/N-ethyl adjacent to an activating group) is 1. The summed E-state index contributed by atoms with van der Waals surface area (Å²) in [6.07, 6.45) is 7.87. The summed E-state index contributed by atoms with van der Waals surface area (Å²) in [5.74, 6) is -0.184. The monoisotopic (exact) mass is 560 g/mol. The fraction of sp³-hybridized carbons (Fsp3) is 0.714. The zero-order valence-electron chi connectivity index (χ0n) is 23.5. The van der Waals surface area contributed by atoms with Crippen molar-refractivity contribution in [1.82, 2.24) is 24.8 Å². The molecule has 11 heteroatoms. The van der Waals surface area contributed by atoms with Crippen LogP contribution in [0.2, 0.25) is 5.15 Å². The van der Waals surface area contributed by atoms with E-state index in [1.54, 1.807) is 4.90 Å². The molecule has 3 atom stereocenters. The summed E-state index contributed by atoms with van der Waals surface area (Å²) in [5, 5.41) is 0.214. The first-order valence-corrected chi connectivity index (χ1v) is 14.4. The summed E-state index contributed by atoms with van der Waals surface area (Å²) in [7, 11) is 1.91. The maximum Gasteiger partial charge on any atom is 0.410 e. The second-order valence-corrected chi connectivity index (χ2v) is 13.4. The Bertz CT molecular complexity index is 1300. The van der Waals surface area contributed by atoms with Crippen LogP contribution in [0.15, 0.2) is 6.20 Å². The van der Waals surface area contributed by atoms with E-state index in [4.69, 9.17) is 26.1 Å². The van der Waals surface area contributed by atoms with Crippen LogP contribution in [0.1, 0.15) is 66.2 Å². The van der Waals surface area contributed by atoms with E-state index in [-0.39, 0.29) is 40.4 Å². The molecule has 0 aromatic carbocycles. The zero-order chi connectivity index (χ0) is 27.7. The van der Waals surface area contributed by atoms with Crippen molar-refractivity contribution in [3.63, 3.8) is 0 Å². The van der Waals surface area contributed by atoms with Gasteiger partial charge in [0.2, 0.25) is 0 Å². The summed E-state index contributed by atoms with van der Waals surface area (Å²) >= 11 is 6.05. The number of carbonyl (C=O) groups excluding carboxylic acids is 1. The highest BCUT2D eigenvalue weighted by Gasteiger charge is 2.60. The topological polar surface area (TPSA) is 83.9 Å². The molecule has 1 spiro atoms. The Balaban J connectivity index is 1.28. The van der Waals surface area contributed by atoms with Crippen LogP contribution in [0.5, 0.6) is 6.01 Å². The van der Waals surface area contributed by atoms with Crippen molar-refractivity contribution in [1.29, 1.82) is 0 Å². The van der Waals surface area contributed by atoms with Crippen molar-refractivity contribution in [2.75, 3.05) is 38.2 Å². The summed E-state index contributed by atoms with van der Waals surface area (Å²) in [6.45, 7) is 10.8. The Morgan fingerprint density at radius 1 is 1.26 bits per heavy atom. The van der Waals surface area contributed by atoms with Crippen LogP contribution >= 0.6 is 11.6 Å². The van der Waals surface area contributed by atoms with E-state index in [2.05, 4.69) is 14.9 Å². The van der Waals surface area contributed by atoms with E-state index >= 15 is 4.39 Å². The summed E-state index contributed by atoms with van der Waals surface area (Å²) in [4.78, 5) is 32.4. The molecule has 1 aliphatic carbocycles. The number of fused-ring (bicyclic) bond motifs is 2. The Morgan fingerprint density at radius 2 is 2.03 bits per heavy atom. The van der Waals surface area contributed by atoms with Crippen molar-refractivity contribution >= 4 is 34.4 Å². The number of amides is 1. The maximum absolute atomic E-state index is 15.2. The average molecular weight is 561 g/mol. The molecular weight excluding hydrogens is 523 g/mol. The standard InChI is InChI=1S/C28H38ClFN6O3/c1-17-19(7-12-36(17)25(37)39-26(2,3)4)34(5)23-18-13-31-22(29)20(30)21(18)32-24(33-23)38-16-28-8-6-11-35(28)15-27(14-28)9-10-27/h13,17,19H,6-12,14-16H2,1-5H3/t17-,19-,28?/m1/s1. The zero-order valence-corrected chi connectivity index (χ0v) is 24.2. The van der Waals surface area contributed by atoms with Gasteiger partial charge in [0.05, 0.1) is 23.0 Å². The lowest BCUT2D eigenvalue weighted by Crippen LogP contribution is -2.45. The van der Waals surface area contributed by atoms with Gasteiger partial charge in [-0.3, -0.25) is 4.90 Å². The Kier molecular flexibility index (Phi) is 6.37. The smallest absolute Gasteiger partial charge is 0.410 e. The highest BCUT2D eigenvalue weighted by atomic mass is 35.5. The van der Waals surface area contributed by atoms with Crippen molar-refractivity contribution in [2.45, 2.75) is 89.4 Å². The lowest BCUT2D eigenvalue weighted by Gasteiger charge is -2.33. The number of aromatic nitrogens is 3. The number of hydrogen-bond acceptors (Lipinski definition) is 8. The number of hydrogen-bond donors (Lipinski definition) is 0. The number of pyridine rings is 1. The van der Waals surface area contributed by atoms with Crippen molar-refractivity contribution < 1.29 is 18.7 Å².